The van der Waals surface area contributed by atoms with Gasteiger partial charge in [0.25, 0.3) is 0 Å². The quantitative estimate of drug-likeness (QED) is 0.235. The van der Waals surface area contributed by atoms with Crippen LogP contribution in [0.4, 0.5) is 0 Å². The highest BCUT2D eigenvalue weighted by Gasteiger charge is 2.18. The molecule has 0 bridgehead atoms. The number of hydrogen-bond donors (Lipinski definition) is 0. The summed E-state index contributed by atoms with van der Waals surface area (Å²) in [6.45, 7) is 0. The van der Waals surface area contributed by atoms with Crippen molar-refractivity contribution in [2.45, 2.75) is 0 Å². The number of aromatic nitrogens is 2. The van der Waals surface area contributed by atoms with Crippen LogP contribution in [-0.4, -0.2) is 9.55 Å². The smallest absolute Gasteiger partial charge is 0.0948 e. The van der Waals surface area contributed by atoms with E-state index in [2.05, 4.69) is 132 Å². The van der Waals surface area contributed by atoms with E-state index in [9.17, 15) is 0 Å². The fraction of sp³-hybridized carbons (Fsp3) is 0. The molecule has 0 unspecified atom stereocenters. The summed E-state index contributed by atoms with van der Waals surface area (Å²) in [4.78, 5) is 4.88. The van der Waals surface area contributed by atoms with Gasteiger partial charge in [-0.25, -0.2) is 0 Å². The van der Waals surface area contributed by atoms with Crippen molar-refractivity contribution in [3.05, 3.63) is 134 Å². The number of fused-ring (bicyclic) bond motifs is 6. The second kappa shape index (κ2) is 8.41. The van der Waals surface area contributed by atoms with Gasteiger partial charge < -0.3 is 4.57 Å². The van der Waals surface area contributed by atoms with E-state index in [0.29, 0.717) is 0 Å². The molecule has 0 fully saturated rings. The third-order valence-electron chi connectivity index (χ3n) is 7.45. The van der Waals surface area contributed by atoms with Crippen LogP contribution in [0, 0.1) is 0 Å². The Kier molecular flexibility index (Phi) is 4.73. The molecule has 8 rings (SSSR count). The molecule has 38 heavy (non-hydrogen) atoms. The number of rotatable bonds is 3. The number of thiophene rings is 1. The topological polar surface area (TPSA) is 17.8 Å². The van der Waals surface area contributed by atoms with Gasteiger partial charge in [0.15, 0.2) is 0 Å². The van der Waals surface area contributed by atoms with Crippen LogP contribution in [0.15, 0.2) is 134 Å². The van der Waals surface area contributed by atoms with Gasteiger partial charge in [-0.05, 0) is 59.7 Å². The van der Waals surface area contributed by atoms with Crippen LogP contribution in [-0.2, 0) is 0 Å². The molecule has 178 valence electrons. The molecular weight excluding hydrogens is 480 g/mol. The Morgan fingerprint density at radius 2 is 1.18 bits per heavy atom. The van der Waals surface area contributed by atoms with Gasteiger partial charge in [-0.1, -0.05) is 78.9 Å². The van der Waals surface area contributed by atoms with E-state index in [-0.39, 0.29) is 0 Å². The van der Waals surface area contributed by atoms with Crippen LogP contribution in [0.1, 0.15) is 0 Å². The van der Waals surface area contributed by atoms with E-state index < -0.39 is 0 Å². The first-order chi connectivity index (χ1) is 18.8. The van der Waals surface area contributed by atoms with Crippen molar-refractivity contribution < 1.29 is 0 Å². The van der Waals surface area contributed by atoms with E-state index in [4.69, 9.17) is 4.98 Å². The molecule has 0 saturated carbocycles. The Labute approximate surface area is 224 Å². The Hall–Kier alpha value is -4.73. The summed E-state index contributed by atoms with van der Waals surface area (Å²) in [6.07, 6.45) is 1.94. The van der Waals surface area contributed by atoms with Crippen LogP contribution in [0.25, 0.3) is 70.0 Å². The maximum absolute atomic E-state index is 4.88. The van der Waals surface area contributed by atoms with Crippen LogP contribution in [0.2, 0.25) is 0 Å². The predicted molar refractivity (Wildman–Crippen MR) is 162 cm³/mol. The minimum Gasteiger partial charge on any atom is -0.307 e. The Balaban J connectivity index is 1.42. The zero-order valence-corrected chi connectivity index (χ0v) is 21.3. The van der Waals surface area contributed by atoms with Crippen LogP contribution < -0.4 is 0 Å². The molecule has 3 heterocycles. The molecule has 0 aliphatic rings. The summed E-state index contributed by atoms with van der Waals surface area (Å²) < 4.78 is 5.02. The Bertz CT molecular complexity index is 2120. The zero-order chi connectivity index (χ0) is 25.1. The van der Waals surface area contributed by atoms with E-state index >= 15 is 0 Å². The van der Waals surface area contributed by atoms with Gasteiger partial charge in [0.05, 0.1) is 16.7 Å². The first-order valence-electron chi connectivity index (χ1n) is 12.8. The second-order valence-corrected chi connectivity index (χ2v) is 10.7. The fourth-order valence-electron chi connectivity index (χ4n) is 5.70. The van der Waals surface area contributed by atoms with Crippen molar-refractivity contribution >= 4 is 53.3 Å². The molecule has 0 radical (unpaired) electrons. The summed E-state index contributed by atoms with van der Waals surface area (Å²) >= 11 is 1.86. The number of hydrogen-bond acceptors (Lipinski definition) is 2. The van der Waals surface area contributed by atoms with Gasteiger partial charge in [0, 0.05) is 48.4 Å². The lowest BCUT2D eigenvalue weighted by molar-refractivity contribution is 1.17. The molecule has 0 amide bonds. The SMILES string of the molecule is c1ccc(-c2nccc3c4cc(-c5ccc6sc7ccccc7c6c5)ccc4n(-c4ccccc4)c23)cc1. The molecular formula is C35H22N2S. The molecule has 0 atom stereocenters. The van der Waals surface area contributed by atoms with Gasteiger partial charge in [-0.15, -0.1) is 11.3 Å². The predicted octanol–water partition coefficient (Wildman–Crippen LogP) is 9.88. The Morgan fingerprint density at radius 3 is 2.03 bits per heavy atom. The molecule has 2 nitrogen and oxygen atoms in total. The minimum atomic E-state index is 0.996. The second-order valence-electron chi connectivity index (χ2n) is 9.63. The normalized spacial score (nSPS) is 11.7. The summed E-state index contributed by atoms with van der Waals surface area (Å²) in [5, 5.41) is 5.10. The molecule has 0 aliphatic heterocycles. The number of benzene rings is 5. The van der Waals surface area contributed by atoms with E-state index in [0.717, 1.165) is 22.5 Å². The molecule has 0 aliphatic carbocycles. The zero-order valence-electron chi connectivity index (χ0n) is 20.5. The summed E-state index contributed by atoms with van der Waals surface area (Å²) in [7, 11) is 0. The monoisotopic (exact) mass is 502 g/mol. The van der Waals surface area contributed by atoms with Gasteiger partial charge in [0.1, 0.15) is 0 Å². The van der Waals surface area contributed by atoms with Crippen LogP contribution in [0.3, 0.4) is 0 Å². The van der Waals surface area contributed by atoms with E-state index in [1.165, 1.54) is 47.6 Å². The van der Waals surface area contributed by atoms with Gasteiger partial charge in [-0.2, -0.15) is 0 Å². The van der Waals surface area contributed by atoms with Crippen molar-refractivity contribution in [3.63, 3.8) is 0 Å². The van der Waals surface area contributed by atoms with Gasteiger partial charge in [0.2, 0.25) is 0 Å². The average molecular weight is 503 g/mol. The van der Waals surface area contributed by atoms with Gasteiger partial charge >= 0.3 is 0 Å². The summed E-state index contributed by atoms with van der Waals surface area (Å²) in [6, 6.07) is 45.7. The van der Waals surface area contributed by atoms with Crippen molar-refractivity contribution in [2.24, 2.45) is 0 Å². The molecule has 5 aromatic carbocycles. The molecule has 3 heteroatoms. The lowest BCUT2D eigenvalue weighted by atomic mass is 10.0. The molecule has 3 aromatic heterocycles. The number of nitrogens with zero attached hydrogens (tertiary/aromatic N) is 2. The van der Waals surface area contributed by atoms with Crippen molar-refractivity contribution in [2.75, 3.05) is 0 Å². The van der Waals surface area contributed by atoms with Crippen molar-refractivity contribution in [3.8, 4) is 28.1 Å². The highest BCUT2D eigenvalue weighted by Crippen LogP contribution is 2.40. The maximum Gasteiger partial charge on any atom is 0.0948 e. The summed E-state index contributed by atoms with van der Waals surface area (Å²) in [5.74, 6) is 0. The van der Waals surface area contributed by atoms with Crippen LogP contribution in [0.5, 0.6) is 0 Å². The van der Waals surface area contributed by atoms with Gasteiger partial charge in [-0.3, -0.25) is 4.98 Å². The lowest BCUT2D eigenvalue weighted by Gasteiger charge is -2.11. The summed E-state index contributed by atoms with van der Waals surface area (Å²) in [5.41, 5.74) is 8.03. The van der Waals surface area contributed by atoms with Crippen LogP contribution >= 0.6 is 11.3 Å². The van der Waals surface area contributed by atoms with E-state index in [1.807, 2.05) is 17.5 Å². The first-order valence-corrected chi connectivity index (χ1v) is 13.6. The molecule has 0 saturated heterocycles. The third-order valence-corrected chi connectivity index (χ3v) is 8.60. The minimum absolute atomic E-state index is 0.996. The van der Waals surface area contributed by atoms with Crippen molar-refractivity contribution in [1.29, 1.82) is 0 Å². The standard InChI is InChI=1S/C35H22N2S/c1-3-9-23(10-4-1)34-35-28(19-20-36-34)29-21-24(15-17-31(29)37(35)26-11-5-2-6-12-26)25-16-18-33-30(22-25)27-13-7-8-14-32(27)38-33/h1-22H. The highest BCUT2D eigenvalue weighted by atomic mass is 32.1. The number of para-hydroxylation sites is 1. The molecule has 0 N–H and O–H groups in total. The highest BCUT2D eigenvalue weighted by molar-refractivity contribution is 7.25. The maximum atomic E-state index is 4.88. The van der Waals surface area contributed by atoms with E-state index in [1.54, 1.807) is 0 Å². The number of pyridine rings is 1. The lowest BCUT2D eigenvalue weighted by Crippen LogP contribution is -1.96. The molecule has 0 spiro atoms. The largest absolute Gasteiger partial charge is 0.307 e. The Morgan fingerprint density at radius 1 is 0.500 bits per heavy atom. The average Bonchev–Trinajstić information content (AvgIpc) is 3.53. The third kappa shape index (κ3) is 3.22. The first kappa shape index (κ1) is 21.4. The van der Waals surface area contributed by atoms with Crippen molar-refractivity contribution in [1.82, 2.24) is 9.55 Å². The molecule has 8 aromatic rings. The fourth-order valence-corrected chi connectivity index (χ4v) is 6.79.